The third kappa shape index (κ3) is 3.29. The summed E-state index contributed by atoms with van der Waals surface area (Å²) >= 11 is 1.79. The first-order chi connectivity index (χ1) is 13.5. The zero-order chi connectivity index (χ0) is 19.8. The lowest BCUT2D eigenvalue weighted by atomic mass is 9.83. The number of thiophene rings is 1. The second kappa shape index (κ2) is 7.36. The Balaban J connectivity index is 1.88. The predicted octanol–water partition coefficient (Wildman–Crippen LogP) is 5.40. The van der Waals surface area contributed by atoms with Crippen LogP contribution in [0.1, 0.15) is 38.1 Å². The largest absolute Gasteiger partial charge is 0.333 e. The molecule has 0 radical (unpaired) electrons. The molecule has 3 nitrogen and oxygen atoms in total. The number of hydrogen-bond donors (Lipinski definition) is 0. The SMILES string of the molecule is C=CC(=O)N1Cc2sc(C)cc2[C@@H](c2ccccc2-c2cc(C)cnc2C)C1. The number of aromatic nitrogens is 1. The van der Waals surface area contributed by atoms with Gasteiger partial charge in [0.1, 0.15) is 0 Å². The summed E-state index contributed by atoms with van der Waals surface area (Å²) in [7, 11) is 0. The lowest BCUT2D eigenvalue weighted by molar-refractivity contribution is -0.127. The number of fused-ring (bicyclic) bond motifs is 1. The van der Waals surface area contributed by atoms with Crippen molar-refractivity contribution in [3.63, 3.8) is 0 Å². The van der Waals surface area contributed by atoms with Gasteiger partial charge in [0.2, 0.25) is 5.91 Å². The average Bonchev–Trinajstić information content (AvgIpc) is 3.08. The summed E-state index contributed by atoms with van der Waals surface area (Å²) in [6.45, 7) is 11.3. The molecule has 2 aromatic heterocycles. The minimum Gasteiger partial charge on any atom is -0.333 e. The molecule has 3 heterocycles. The lowest BCUT2D eigenvalue weighted by Gasteiger charge is -2.33. The van der Waals surface area contributed by atoms with E-state index in [0.29, 0.717) is 13.1 Å². The summed E-state index contributed by atoms with van der Waals surface area (Å²) in [6, 6.07) is 13.0. The third-order valence-electron chi connectivity index (χ3n) is 5.41. The van der Waals surface area contributed by atoms with Gasteiger partial charge in [-0.3, -0.25) is 9.78 Å². The molecule has 0 saturated carbocycles. The van der Waals surface area contributed by atoms with Crippen LogP contribution in [0, 0.1) is 20.8 Å². The van der Waals surface area contributed by atoms with Crippen LogP contribution in [0.25, 0.3) is 11.1 Å². The zero-order valence-electron chi connectivity index (χ0n) is 16.5. The molecule has 0 fully saturated rings. The maximum atomic E-state index is 12.4. The van der Waals surface area contributed by atoms with Crippen LogP contribution in [0.15, 0.2) is 55.3 Å². The number of hydrogen-bond acceptors (Lipinski definition) is 3. The number of carbonyl (C=O) groups excluding carboxylic acids is 1. The first-order valence-electron chi connectivity index (χ1n) is 9.51. The van der Waals surface area contributed by atoms with Crippen LogP contribution in [0.5, 0.6) is 0 Å². The van der Waals surface area contributed by atoms with Crippen LogP contribution in [0.2, 0.25) is 0 Å². The highest BCUT2D eigenvalue weighted by Crippen LogP contribution is 2.42. The minimum atomic E-state index is -0.00686. The first-order valence-corrected chi connectivity index (χ1v) is 10.3. The quantitative estimate of drug-likeness (QED) is 0.563. The molecule has 0 bridgehead atoms. The first kappa shape index (κ1) is 18.6. The Morgan fingerprint density at radius 2 is 1.96 bits per heavy atom. The number of carbonyl (C=O) groups is 1. The van der Waals surface area contributed by atoms with Crippen LogP contribution in [0.3, 0.4) is 0 Å². The molecule has 1 amide bonds. The standard InChI is InChI=1S/C24H24N2OS/c1-5-24(27)26-13-22(21-11-16(3)28-23(21)14-26)19-9-7-6-8-18(19)20-10-15(2)12-25-17(20)4/h5-12,22H,1,13-14H2,2-4H3/t22-/m1/s1. The molecule has 0 saturated heterocycles. The molecule has 0 N–H and O–H groups in total. The van der Waals surface area contributed by atoms with E-state index >= 15 is 0 Å². The molecule has 0 aliphatic carbocycles. The van der Waals surface area contributed by atoms with Crippen molar-refractivity contribution in [2.75, 3.05) is 6.54 Å². The van der Waals surface area contributed by atoms with Gasteiger partial charge < -0.3 is 4.90 Å². The van der Waals surface area contributed by atoms with E-state index in [1.54, 1.807) is 11.3 Å². The van der Waals surface area contributed by atoms with E-state index in [0.717, 1.165) is 16.8 Å². The van der Waals surface area contributed by atoms with Crippen LogP contribution in [0.4, 0.5) is 0 Å². The van der Waals surface area contributed by atoms with Crippen molar-refractivity contribution in [3.05, 3.63) is 87.4 Å². The van der Waals surface area contributed by atoms with Crippen LogP contribution < -0.4 is 0 Å². The summed E-state index contributed by atoms with van der Waals surface area (Å²) in [5.41, 5.74) is 7.13. The summed E-state index contributed by atoms with van der Waals surface area (Å²) in [4.78, 5) is 21.5. The van der Waals surface area contributed by atoms with Gasteiger partial charge in [0.05, 0.1) is 6.54 Å². The fourth-order valence-electron chi connectivity index (χ4n) is 4.08. The Bertz CT molecular complexity index is 1070. The van der Waals surface area contributed by atoms with Crippen molar-refractivity contribution < 1.29 is 4.79 Å². The topological polar surface area (TPSA) is 33.2 Å². The van der Waals surface area contributed by atoms with E-state index in [4.69, 9.17) is 0 Å². The Morgan fingerprint density at radius 1 is 1.18 bits per heavy atom. The second-order valence-corrected chi connectivity index (χ2v) is 8.78. The molecule has 3 aromatic rings. The molecule has 0 spiro atoms. The minimum absolute atomic E-state index is 0.00686. The Kier molecular flexibility index (Phi) is 4.90. The molecular formula is C24H24N2OS. The van der Waals surface area contributed by atoms with Gasteiger partial charge in [0.25, 0.3) is 0 Å². The van der Waals surface area contributed by atoms with Gasteiger partial charge in [0, 0.05) is 39.7 Å². The number of nitrogens with zero attached hydrogens (tertiary/aromatic N) is 2. The molecule has 1 atom stereocenters. The van der Waals surface area contributed by atoms with E-state index in [2.05, 4.69) is 68.7 Å². The van der Waals surface area contributed by atoms with Gasteiger partial charge in [-0.2, -0.15) is 0 Å². The zero-order valence-corrected chi connectivity index (χ0v) is 17.3. The fraction of sp³-hybridized carbons (Fsp3) is 0.250. The highest BCUT2D eigenvalue weighted by atomic mass is 32.1. The maximum absolute atomic E-state index is 12.4. The molecule has 1 aliphatic rings. The molecule has 4 heteroatoms. The van der Waals surface area contributed by atoms with Crippen molar-refractivity contribution >= 4 is 17.2 Å². The van der Waals surface area contributed by atoms with Gasteiger partial charge in [0.15, 0.2) is 0 Å². The van der Waals surface area contributed by atoms with Gasteiger partial charge >= 0.3 is 0 Å². The van der Waals surface area contributed by atoms with E-state index in [1.807, 2.05) is 11.1 Å². The van der Waals surface area contributed by atoms with Gasteiger partial charge in [-0.05, 0) is 61.2 Å². The Morgan fingerprint density at radius 3 is 2.75 bits per heavy atom. The molecule has 1 aliphatic heterocycles. The molecule has 4 rings (SSSR count). The maximum Gasteiger partial charge on any atom is 0.246 e. The predicted molar refractivity (Wildman–Crippen MR) is 116 cm³/mol. The van der Waals surface area contributed by atoms with Crippen LogP contribution >= 0.6 is 11.3 Å². The summed E-state index contributed by atoms with van der Waals surface area (Å²) in [5, 5.41) is 0. The summed E-state index contributed by atoms with van der Waals surface area (Å²) < 4.78 is 0. The van der Waals surface area contributed by atoms with Crippen molar-refractivity contribution in [1.29, 1.82) is 0 Å². The number of rotatable bonds is 3. The van der Waals surface area contributed by atoms with E-state index in [9.17, 15) is 4.79 Å². The van der Waals surface area contributed by atoms with Crippen molar-refractivity contribution in [3.8, 4) is 11.1 Å². The number of aryl methyl sites for hydroxylation is 3. The average molecular weight is 389 g/mol. The van der Waals surface area contributed by atoms with Gasteiger partial charge in [-0.25, -0.2) is 0 Å². The smallest absolute Gasteiger partial charge is 0.246 e. The molecule has 28 heavy (non-hydrogen) atoms. The molecule has 1 aromatic carbocycles. The van der Waals surface area contributed by atoms with Crippen molar-refractivity contribution in [2.45, 2.75) is 33.2 Å². The lowest BCUT2D eigenvalue weighted by Crippen LogP contribution is -2.37. The number of amides is 1. The number of pyridine rings is 1. The highest BCUT2D eigenvalue weighted by molar-refractivity contribution is 7.12. The van der Waals surface area contributed by atoms with Gasteiger partial charge in [-0.1, -0.05) is 30.8 Å². The van der Waals surface area contributed by atoms with Crippen molar-refractivity contribution in [1.82, 2.24) is 9.88 Å². The third-order valence-corrected chi connectivity index (χ3v) is 6.47. The fourth-order valence-corrected chi connectivity index (χ4v) is 5.19. The normalized spacial score (nSPS) is 16.0. The highest BCUT2D eigenvalue weighted by Gasteiger charge is 2.31. The van der Waals surface area contributed by atoms with E-state index in [1.165, 1.54) is 32.5 Å². The van der Waals surface area contributed by atoms with Crippen LogP contribution in [-0.4, -0.2) is 22.3 Å². The summed E-state index contributed by atoms with van der Waals surface area (Å²) in [6.07, 6.45) is 3.33. The van der Waals surface area contributed by atoms with E-state index in [-0.39, 0.29) is 11.8 Å². The Labute approximate surface area is 170 Å². The second-order valence-electron chi connectivity index (χ2n) is 7.44. The van der Waals surface area contributed by atoms with E-state index < -0.39 is 0 Å². The number of benzene rings is 1. The Hall–Kier alpha value is -2.72. The van der Waals surface area contributed by atoms with Gasteiger partial charge in [-0.15, -0.1) is 11.3 Å². The molecular weight excluding hydrogens is 364 g/mol. The molecule has 0 unspecified atom stereocenters. The van der Waals surface area contributed by atoms with Crippen LogP contribution in [-0.2, 0) is 11.3 Å². The van der Waals surface area contributed by atoms with Crippen molar-refractivity contribution in [2.24, 2.45) is 0 Å². The molecule has 142 valence electrons. The monoisotopic (exact) mass is 388 g/mol. The summed E-state index contributed by atoms with van der Waals surface area (Å²) in [5.74, 6) is 0.140.